The van der Waals surface area contributed by atoms with Gasteiger partial charge in [-0.15, -0.1) is 0 Å². The van der Waals surface area contributed by atoms with Crippen LogP contribution in [0.4, 0.5) is 0 Å². The summed E-state index contributed by atoms with van der Waals surface area (Å²) < 4.78 is 5.65. The number of halogens is 1. The summed E-state index contributed by atoms with van der Waals surface area (Å²) in [5.74, 6) is 1.01. The van der Waals surface area contributed by atoms with Crippen molar-refractivity contribution in [1.82, 2.24) is 14.9 Å². The molecule has 0 amide bonds. The summed E-state index contributed by atoms with van der Waals surface area (Å²) in [5, 5.41) is 7.50. The molecule has 1 aromatic heterocycles. The SMILES string of the molecule is CCCCc1nc(Cl)c(CN(C)CC2CCCO2)[nH]1.O=CO. The van der Waals surface area contributed by atoms with Crippen molar-refractivity contribution in [2.75, 3.05) is 20.2 Å². The number of likely N-dealkylation sites (N-methyl/N-ethyl adjacent to an activating group) is 1. The van der Waals surface area contributed by atoms with E-state index in [1.54, 1.807) is 0 Å². The fraction of sp³-hybridized carbons (Fsp3) is 0.733. The highest BCUT2D eigenvalue weighted by molar-refractivity contribution is 6.30. The van der Waals surface area contributed by atoms with Crippen molar-refractivity contribution < 1.29 is 14.6 Å². The van der Waals surface area contributed by atoms with Gasteiger partial charge in [0.15, 0.2) is 5.15 Å². The van der Waals surface area contributed by atoms with Crippen LogP contribution in [0.15, 0.2) is 0 Å². The maximum Gasteiger partial charge on any atom is 0.290 e. The number of nitrogens with one attached hydrogen (secondary N) is 1. The van der Waals surface area contributed by atoms with E-state index in [1.807, 2.05) is 0 Å². The lowest BCUT2D eigenvalue weighted by Gasteiger charge is -2.19. The van der Waals surface area contributed by atoms with Crippen molar-refractivity contribution in [1.29, 1.82) is 0 Å². The lowest BCUT2D eigenvalue weighted by Crippen LogP contribution is -2.28. The van der Waals surface area contributed by atoms with Crippen LogP contribution in [0.3, 0.4) is 0 Å². The van der Waals surface area contributed by atoms with Gasteiger partial charge >= 0.3 is 0 Å². The number of carboxylic acid groups (broad SMARTS) is 1. The first-order valence-corrected chi connectivity index (χ1v) is 8.09. The number of H-pyrrole nitrogens is 1. The van der Waals surface area contributed by atoms with E-state index >= 15 is 0 Å². The maximum absolute atomic E-state index is 8.36. The Labute approximate surface area is 136 Å². The van der Waals surface area contributed by atoms with Gasteiger partial charge < -0.3 is 14.8 Å². The van der Waals surface area contributed by atoms with Crippen molar-refractivity contribution in [3.8, 4) is 0 Å². The van der Waals surface area contributed by atoms with Crippen LogP contribution in [-0.2, 0) is 22.5 Å². The van der Waals surface area contributed by atoms with Crippen LogP contribution in [-0.4, -0.2) is 52.7 Å². The molecule has 2 N–H and O–H groups in total. The molecule has 1 saturated heterocycles. The number of aromatic nitrogens is 2. The number of carbonyl (C=O) groups is 1. The zero-order chi connectivity index (χ0) is 16.4. The topological polar surface area (TPSA) is 78.5 Å². The van der Waals surface area contributed by atoms with Gasteiger partial charge in [-0.05, 0) is 26.3 Å². The number of rotatable bonds is 7. The normalized spacial score (nSPS) is 17.4. The number of ether oxygens (including phenoxy) is 1. The molecule has 1 aromatic rings. The molecule has 22 heavy (non-hydrogen) atoms. The lowest BCUT2D eigenvalue weighted by atomic mass is 10.2. The third-order valence-electron chi connectivity index (χ3n) is 3.51. The molecule has 1 unspecified atom stereocenters. The van der Waals surface area contributed by atoms with Gasteiger partial charge in [-0.3, -0.25) is 9.69 Å². The van der Waals surface area contributed by atoms with Crippen LogP contribution in [0.5, 0.6) is 0 Å². The van der Waals surface area contributed by atoms with Crippen LogP contribution >= 0.6 is 11.6 Å². The van der Waals surface area contributed by atoms with E-state index in [1.165, 1.54) is 19.3 Å². The summed E-state index contributed by atoms with van der Waals surface area (Å²) in [5.41, 5.74) is 1.02. The first kappa shape index (κ1) is 18.9. The Morgan fingerprint density at radius 3 is 2.91 bits per heavy atom. The van der Waals surface area contributed by atoms with Crippen LogP contribution in [0.2, 0.25) is 5.15 Å². The number of hydrogen-bond donors (Lipinski definition) is 2. The highest BCUT2D eigenvalue weighted by Gasteiger charge is 2.18. The zero-order valence-corrected chi connectivity index (χ0v) is 14.1. The molecule has 1 atom stereocenters. The summed E-state index contributed by atoms with van der Waals surface area (Å²) >= 11 is 6.18. The molecule has 1 aliphatic heterocycles. The second-order valence-electron chi connectivity index (χ2n) is 5.49. The van der Waals surface area contributed by atoms with Gasteiger partial charge in [-0.2, -0.15) is 0 Å². The zero-order valence-electron chi connectivity index (χ0n) is 13.3. The Hall–Kier alpha value is -1.11. The van der Waals surface area contributed by atoms with E-state index in [4.69, 9.17) is 26.2 Å². The minimum Gasteiger partial charge on any atom is -0.483 e. The predicted molar refractivity (Wildman–Crippen MR) is 86.2 cm³/mol. The minimum absolute atomic E-state index is 0.250. The average molecular weight is 332 g/mol. The van der Waals surface area contributed by atoms with E-state index in [2.05, 4.69) is 28.8 Å². The Morgan fingerprint density at radius 1 is 1.59 bits per heavy atom. The van der Waals surface area contributed by atoms with Crippen LogP contribution in [0.1, 0.15) is 44.1 Å². The number of aromatic amines is 1. The largest absolute Gasteiger partial charge is 0.483 e. The van der Waals surface area contributed by atoms with E-state index in [0.717, 1.165) is 44.1 Å². The number of aryl methyl sites for hydroxylation is 1. The number of imidazole rings is 1. The number of hydrogen-bond acceptors (Lipinski definition) is 4. The molecule has 126 valence electrons. The molecule has 0 spiro atoms. The van der Waals surface area contributed by atoms with Crippen molar-refractivity contribution in [3.05, 3.63) is 16.7 Å². The van der Waals surface area contributed by atoms with Gasteiger partial charge in [-0.25, -0.2) is 4.98 Å². The quantitative estimate of drug-likeness (QED) is 0.751. The lowest BCUT2D eigenvalue weighted by molar-refractivity contribution is -0.122. The van der Waals surface area contributed by atoms with Gasteiger partial charge in [0.25, 0.3) is 6.47 Å². The summed E-state index contributed by atoms with van der Waals surface area (Å²) in [4.78, 5) is 18.3. The molecule has 1 aliphatic rings. The summed E-state index contributed by atoms with van der Waals surface area (Å²) in [6.45, 7) is 4.60. The van der Waals surface area contributed by atoms with E-state index < -0.39 is 0 Å². The van der Waals surface area contributed by atoms with Crippen LogP contribution in [0.25, 0.3) is 0 Å². The molecule has 0 aromatic carbocycles. The van der Waals surface area contributed by atoms with Crippen molar-refractivity contribution in [2.24, 2.45) is 0 Å². The number of unbranched alkanes of at least 4 members (excludes halogenated alkanes) is 1. The smallest absolute Gasteiger partial charge is 0.290 e. The molecule has 6 nitrogen and oxygen atoms in total. The molecular formula is C15H26ClN3O3. The molecular weight excluding hydrogens is 306 g/mol. The van der Waals surface area contributed by atoms with Crippen molar-refractivity contribution in [2.45, 2.75) is 51.7 Å². The van der Waals surface area contributed by atoms with Gasteiger partial charge in [0.1, 0.15) is 5.82 Å². The van der Waals surface area contributed by atoms with Crippen molar-refractivity contribution >= 4 is 18.1 Å². The Kier molecular flexibility index (Phi) is 9.11. The summed E-state index contributed by atoms with van der Waals surface area (Å²) in [6, 6.07) is 0. The second kappa shape index (κ2) is 10.6. The molecule has 0 radical (unpaired) electrons. The Bertz CT molecular complexity index is 434. The second-order valence-corrected chi connectivity index (χ2v) is 5.85. The first-order valence-electron chi connectivity index (χ1n) is 7.71. The molecule has 0 bridgehead atoms. The fourth-order valence-electron chi connectivity index (χ4n) is 2.48. The highest BCUT2D eigenvalue weighted by atomic mass is 35.5. The van der Waals surface area contributed by atoms with E-state index in [9.17, 15) is 0 Å². The maximum atomic E-state index is 8.36. The Morgan fingerprint density at radius 2 is 2.32 bits per heavy atom. The standard InChI is InChI=1S/C14H24ClN3O.CH2O2/c1-3-4-7-13-16-12(14(15)17-13)10-18(2)9-11-6-5-8-19-11;2-1-3/h11H,3-10H2,1-2H3,(H,16,17);1H,(H,2,3). The van der Waals surface area contributed by atoms with Crippen molar-refractivity contribution in [3.63, 3.8) is 0 Å². The van der Waals surface area contributed by atoms with Gasteiger partial charge in [0.05, 0.1) is 11.8 Å². The molecule has 2 heterocycles. The monoisotopic (exact) mass is 331 g/mol. The van der Waals surface area contributed by atoms with Gasteiger partial charge in [0, 0.05) is 26.1 Å². The van der Waals surface area contributed by atoms with Gasteiger partial charge in [0.2, 0.25) is 0 Å². The van der Waals surface area contributed by atoms with Crippen LogP contribution in [0, 0.1) is 0 Å². The third kappa shape index (κ3) is 6.77. The fourth-order valence-corrected chi connectivity index (χ4v) is 2.69. The molecule has 1 fully saturated rings. The molecule has 2 rings (SSSR count). The van der Waals surface area contributed by atoms with Crippen LogP contribution < -0.4 is 0 Å². The minimum atomic E-state index is -0.250. The highest BCUT2D eigenvalue weighted by Crippen LogP contribution is 2.18. The number of nitrogens with zero attached hydrogens (tertiary/aromatic N) is 2. The van der Waals surface area contributed by atoms with E-state index in [0.29, 0.717) is 11.3 Å². The molecule has 7 heteroatoms. The summed E-state index contributed by atoms with van der Waals surface area (Å²) in [7, 11) is 2.10. The average Bonchev–Trinajstić information content (AvgIpc) is 3.08. The van der Waals surface area contributed by atoms with E-state index in [-0.39, 0.29) is 6.47 Å². The Balaban J connectivity index is 0.000000745. The molecule has 0 saturated carbocycles. The predicted octanol–water partition coefficient (Wildman–Crippen LogP) is 2.72. The molecule has 0 aliphatic carbocycles. The van der Waals surface area contributed by atoms with Gasteiger partial charge in [-0.1, -0.05) is 24.9 Å². The summed E-state index contributed by atoms with van der Waals surface area (Å²) in [6.07, 6.45) is 6.03. The first-order chi connectivity index (χ1) is 10.6. The third-order valence-corrected chi connectivity index (χ3v) is 3.82.